The van der Waals surface area contributed by atoms with Crippen molar-refractivity contribution in [2.75, 3.05) is 18.8 Å². The van der Waals surface area contributed by atoms with Crippen molar-refractivity contribution in [3.05, 3.63) is 59.8 Å². The van der Waals surface area contributed by atoms with Crippen LogP contribution in [0.2, 0.25) is 0 Å². The topological polar surface area (TPSA) is 138 Å². The van der Waals surface area contributed by atoms with Gasteiger partial charge >= 0.3 is 6.18 Å². The van der Waals surface area contributed by atoms with Crippen LogP contribution in [0.4, 0.5) is 19.0 Å². The second-order valence-corrected chi connectivity index (χ2v) is 12.6. The number of nitrogen functional groups attached to an aromatic ring is 1. The van der Waals surface area contributed by atoms with Gasteiger partial charge in [-0.05, 0) is 42.0 Å². The molecule has 1 aliphatic heterocycles. The van der Waals surface area contributed by atoms with E-state index in [0.717, 1.165) is 22.4 Å². The SMILES string of the molecule is CC(C)(C)c1ccc2[nH]c(CC=C3CC(N(C[C@H]4O[C@@H](n5ccc6c(N)ncnc65)[C@H](O)[C@@H]4O)CC(F)(F)F)C3)nc2c1. The molecular weight excluding hydrogens is 563 g/mol. The Morgan fingerprint density at radius 2 is 1.91 bits per heavy atom. The molecule has 2 aliphatic rings. The third-order valence-corrected chi connectivity index (χ3v) is 8.44. The van der Waals surface area contributed by atoms with E-state index in [-0.39, 0.29) is 23.8 Å². The molecule has 0 bridgehead atoms. The van der Waals surface area contributed by atoms with Gasteiger partial charge in [0, 0.05) is 25.2 Å². The number of nitrogens with one attached hydrogen (secondary N) is 1. The van der Waals surface area contributed by atoms with E-state index < -0.39 is 37.3 Å². The van der Waals surface area contributed by atoms with Crippen molar-refractivity contribution in [3.8, 4) is 0 Å². The second-order valence-electron chi connectivity index (χ2n) is 12.6. The van der Waals surface area contributed by atoms with Crippen molar-refractivity contribution in [3.63, 3.8) is 0 Å². The number of aromatic amines is 1. The fourth-order valence-electron chi connectivity index (χ4n) is 5.94. The number of hydrogen-bond acceptors (Lipinski definition) is 8. The zero-order valence-corrected chi connectivity index (χ0v) is 24.2. The molecule has 4 aromatic rings. The molecule has 1 saturated heterocycles. The summed E-state index contributed by atoms with van der Waals surface area (Å²) in [7, 11) is 0. The van der Waals surface area contributed by atoms with Gasteiger partial charge < -0.3 is 30.2 Å². The fraction of sp³-hybridized carbons (Fsp3) is 0.500. The first-order valence-electron chi connectivity index (χ1n) is 14.3. The molecule has 0 unspecified atom stereocenters. The van der Waals surface area contributed by atoms with Gasteiger partial charge in [-0.1, -0.05) is 38.5 Å². The predicted molar refractivity (Wildman–Crippen MR) is 155 cm³/mol. The molecule has 2 fully saturated rings. The van der Waals surface area contributed by atoms with E-state index in [1.165, 1.54) is 21.4 Å². The monoisotopic (exact) mass is 599 g/mol. The molecule has 0 radical (unpaired) electrons. The third-order valence-electron chi connectivity index (χ3n) is 8.44. The summed E-state index contributed by atoms with van der Waals surface area (Å²) >= 11 is 0. The Labute approximate surface area is 246 Å². The van der Waals surface area contributed by atoms with Gasteiger partial charge in [-0.3, -0.25) is 4.90 Å². The van der Waals surface area contributed by atoms with E-state index in [9.17, 15) is 23.4 Å². The Hall–Kier alpha value is -3.52. The van der Waals surface area contributed by atoms with Crippen molar-refractivity contribution < 1.29 is 28.1 Å². The van der Waals surface area contributed by atoms with Crippen LogP contribution in [0.15, 0.2) is 48.4 Å². The number of imidazole rings is 1. The molecule has 230 valence electrons. The van der Waals surface area contributed by atoms with Crippen molar-refractivity contribution in [2.45, 2.75) is 82.2 Å². The van der Waals surface area contributed by atoms with Crippen LogP contribution in [-0.4, -0.2) is 83.2 Å². The van der Waals surface area contributed by atoms with Gasteiger partial charge in [0.05, 0.1) is 23.0 Å². The summed E-state index contributed by atoms with van der Waals surface area (Å²) in [6.07, 6.45) is -2.90. The van der Waals surface area contributed by atoms with E-state index in [1.54, 1.807) is 12.3 Å². The normalized spacial score (nSPS) is 24.8. The van der Waals surface area contributed by atoms with Crippen molar-refractivity contribution in [1.29, 1.82) is 0 Å². The number of alkyl halides is 3. The summed E-state index contributed by atoms with van der Waals surface area (Å²) in [5.41, 5.74) is 10.4. The summed E-state index contributed by atoms with van der Waals surface area (Å²) < 4.78 is 48.3. The largest absolute Gasteiger partial charge is 0.401 e. The van der Waals surface area contributed by atoms with Crippen LogP contribution in [-0.2, 0) is 16.6 Å². The van der Waals surface area contributed by atoms with Gasteiger partial charge in [-0.25, -0.2) is 15.0 Å². The number of H-pyrrole nitrogens is 1. The summed E-state index contributed by atoms with van der Waals surface area (Å²) in [5, 5.41) is 22.1. The van der Waals surface area contributed by atoms with Crippen LogP contribution in [0.25, 0.3) is 22.1 Å². The molecule has 10 nitrogen and oxygen atoms in total. The molecule has 6 rings (SSSR count). The third kappa shape index (κ3) is 5.99. The molecule has 1 aromatic carbocycles. The van der Waals surface area contributed by atoms with Gasteiger partial charge in [-0.2, -0.15) is 13.2 Å². The van der Waals surface area contributed by atoms with Crippen LogP contribution < -0.4 is 5.73 Å². The lowest BCUT2D eigenvalue weighted by molar-refractivity contribution is -0.159. The van der Waals surface area contributed by atoms with Gasteiger partial charge in [-0.15, -0.1) is 0 Å². The zero-order valence-electron chi connectivity index (χ0n) is 24.2. The summed E-state index contributed by atoms with van der Waals surface area (Å²) in [4.78, 5) is 17.5. The molecule has 1 aliphatic carbocycles. The zero-order chi connectivity index (χ0) is 30.7. The number of nitrogens with two attached hydrogens (primary N) is 1. The number of allylic oxidation sites excluding steroid dienone is 1. The lowest BCUT2D eigenvalue weighted by Gasteiger charge is -2.41. The number of aliphatic hydroxyl groups is 2. The highest BCUT2D eigenvalue weighted by atomic mass is 19.4. The second kappa shape index (κ2) is 10.9. The van der Waals surface area contributed by atoms with Crippen molar-refractivity contribution in [1.82, 2.24) is 29.4 Å². The van der Waals surface area contributed by atoms with E-state index in [4.69, 9.17) is 15.5 Å². The highest BCUT2D eigenvalue weighted by Gasteiger charge is 2.47. The number of halogens is 3. The number of nitrogens with zero attached hydrogens (tertiary/aromatic N) is 5. The Morgan fingerprint density at radius 3 is 2.63 bits per heavy atom. The first-order chi connectivity index (χ1) is 20.3. The first-order valence-corrected chi connectivity index (χ1v) is 14.3. The minimum Gasteiger partial charge on any atom is -0.387 e. The molecular formula is C30H36F3N7O3. The maximum Gasteiger partial charge on any atom is 0.401 e. The molecule has 0 amide bonds. The number of anilines is 1. The number of aliphatic hydroxyl groups excluding tert-OH is 2. The summed E-state index contributed by atoms with van der Waals surface area (Å²) in [6.45, 7) is 5.11. The van der Waals surface area contributed by atoms with Gasteiger partial charge in [0.2, 0.25) is 0 Å². The number of ether oxygens (including phenoxy) is 1. The Kier molecular flexibility index (Phi) is 7.48. The summed E-state index contributed by atoms with van der Waals surface area (Å²) in [6, 6.07) is 7.49. The number of aromatic nitrogens is 5. The van der Waals surface area contributed by atoms with E-state index in [1.807, 2.05) is 12.1 Å². The van der Waals surface area contributed by atoms with Crippen LogP contribution in [0.5, 0.6) is 0 Å². The molecule has 0 spiro atoms. The maximum atomic E-state index is 13.6. The van der Waals surface area contributed by atoms with E-state index in [0.29, 0.717) is 30.3 Å². The number of fused-ring (bicyclic) bond motifs is 2. The van der Waals surface area contributed by atoms with Crippen molar-refractivity contribution >= 4 is 27.9 Å². The van der Waals surface area contributed by atoms with E-state index >= 15 is 0 Å². The Morgan fingerprint density at radius 1 is 1.14 bits per heavy atom. The molecule has 43 heavy (non-hydrogen) atoms. The Balaban J connectivity index is 1.12. The van der Waals surface area contributed by atoms with E-state index in [2.05, 4.69) is 47.9 Å². The minimum atomic E-state index is -4.44. The quantitative estimate of drug-likeness (QED) is 0.234. The van der Waals surface area contributed by atoms with Crippen LogP contribution in [0.1, 0.15) is 51.2 Å². The molecule has 13 heteroatoms. The van der Waals surface area contributed by atoms with Crippen molar-refractivity contribution in [2.24, 2.45) is 0 Å². The highest BCUT2D eigenvalue weighted by Crippen LogP contribution is 2.37. The number of rotatable bonds is 7. The average molecular weight is 600 g/mol. The van der Waals surface area contributed by atoms with Crippen LogP contribution in [0, 0.1) is 0 Å². The molecule has 3 aromatic heterocycles. The van der Waals surface area contributed by atoms with Crippen LogP contribution in [0.3, 0.4) is 0 Å². The predicted octanol–water partition coefficient (Wildman–Crippen LogP) is 4.00. The van der Waals surface area contributed by atoms with Crippen LogP contribution >= 0.6 is 0 Å². The average Bonchev–Trinajstić information content (AvgIpc) is 3.58. The lowest BCUT2D eigenvalue weighted by Crippen LogP contribution is -2.51. The molecule has 1 saturated carbocycles. The highest BCUT2D eigenvalue weighted by molar-refractivity contribution is 5.86. The number of hydrogen-bond donors (Lipinski definition) is 4. The van der Waals surface area contributed by atoms with Gasteiger partial charge in [0.15, 0.2) is 6.23 Å². The van der Waals surface area contributed by atoms with Gasteiger partial charge in [0.1, 0.15) is 41.9 Å². The van der Waals surface area contributed by atoms with Gasteiger partial charge in [0.25, 0.3) is 0 Å². The molecule has 4 heterocycles. The maximum absolute atomic E-state index is 13.6. The standard InChI is InChI=1S/C30H36F3N7O3/c1-29(2,3)17-5-6-20-21(12-17)38-23(37-20)7-4-16-10-18(11-16)39(14-30(31,32)33)13-22-24(41)25(42)28(43-22)40-9-8-19-26(34)35-15-36-27(19)40/h4-6,8-9,12,15,18,22,24-25,28,41-42H,7,10-11,13-14H2,1-3H3,(H,37,38)(H2,34,35,36)/t18?,22-,24-,25-,28-/m1/s1. The Bertz CT molecular complexity index is 1650. The molecule has 5 N–H and O–H groups in total. The first kappa shape index (κ1) is 29.5. The minimum absolute atomic E-state index is 0.0111. The fourth-order valence-corrected chi connectivity index (χ4v) is 5.94. The smallest absolute Gasteiger partial charge is 0.387 e. The summed E-state index contributed by atoms with van der Waals surface area (Å²) in [5.74, 6) is 1.05. The number of benzene rings is 1. The molecule has 4 atom stereocenters. The lowest BCUT2D eigenvalue weighted by atomic mass is 9.84.